The van der Waals surface area contributed by atoms with Crippen LogP contribution in [-0.2, 0) is 19.1 Å². The van der Waals surface area contributed by atoms with Gasteiger partial charge in [-0.1, -0.05) is 0 Å². The average Bonchev–Trinajstić information content (AvgIpc) is 1.88. The molecule has 0 saturated heterocycles. The number of carboxylic acid groups (broad SMARTS) is 1. The summed E-state index contributed by atoms with van der Waals surface area (Å²) in [6, 6.07) is 0. The molecular formula is C5H6O5. The number of aldehydes is 1. The SMILES string of the molecule is COC(=O)C(C=O)C(=O)O. The van der Waals surface area contributed by atoms with Gasteiger partial charge in [-0.25, -0.2) is 0 Å². The van der Waals surface area contributed by atoms with Crippen LogP contribution in [0.3, 0.4) is 0 Å². The number of hydrogen-bond donors (Lipinski definition) is 1. The highest BCUT2D eigenvalue weighted by Gasteiger charge is 2.25. The molecule has 0 amide bonds. The van der Waals surface area contributed by atoms with E-state index in [1.54, 1.807) is 0 Å². The number of esters is 1. The number of carbonyl (C=O) groups excluding carboxylic acids is 2. The monoisotopic (exact) mass is 146 g/mol. The van der Waals surface area contributed by atoms with Crippen LogP contribution in [0.4, 0.5) is 0 Å². The fourth-order valence-electron chi connectivity index (χ4n) is 0.342. The van der Waals surface area contributed by atoms with Gasteiger partial charge < -0.3 is 14.6 Å². The first-order valence-electron chi connectivity index (χ1n) is 2.39. The van der Waals surface area contributed by atoms with Crippen LogP contribution in [0.5, 0.6) is 0 Å². The molecule has 0 saturated carbocycles. The zero-order valence-corrected chi connectivity index (χ0v) is 5.23. The van der Waals surface area contributed by atoms with Crippen molar-refractivity contribution < 1.29 is 24.2 Å². The Hall–Kier alpha value is -1.39. The first-order valence-corrected chi connectivity index (χ1v) is 2.39. The van der Waals surface area contributed by atoms with Crippen LogP contribution in [0.25, 0.3) is 0 Å². The van der Waals surface area contributed by atoms with Gasteiger partial charge in [-0.15, -0.1) is 0 Å². The van der Waals surface area contributed by atoms with Crippen molar-refractivity contribution in [2.24, 2.45) is 5.92 Å². The maximum absolute atomic E-state index is 10.4. The van der Waals surface area contributed by atoms with Crippen LogP contribution >= 0.6 is 0 Å². The molecule has 0 aromatic carbocycles. The second kappa shape index (κ2) is 3.60. The van der Waals surface area contributed by atoms with Crippen molar-refractivity contribution in [3.8, 4) is 0 Å². The van der Waals surface area contributed by atoms with Crippen molar-refractivity contribution in [3.05, 3.63) is 0 Å². The van der Waals surface area contributed by atoms with Gasteiger partial charge >= 0.3 is 11.9 Å². The Morgan fingerprint density at radius 3 is 2.20 bits per heavy atom. The molecular weight excluding hydrogens is 140 g/mol. The van der Waals surface area contributed by atoms with E-state index in [-0.39, 0.29) is 6.29 Å². The lowest BCUT2D eigenvalue weighted by molar-refractivity contribution is -0.157. The van der Waals surface area contributed by atoms with Gasteiger partial charge in [0, 0.05) is 0 Å². The quantitative estimate of drug-likeness (QED) is 0.315. The predicted molar refractivity (Wildman–Crippen MR) is 29.2 cm³/mol. The number of ether oxygens (including phenoxy) is 1. The zero-order chi connectivity index (χ0) is 8.15. The Labute approximate surface area is 56.6 Å². The van der Waals surface area contributed by atoms with Gasteiger partial charge in [-0.2, -0.15) is 0 Å². The largest absolute Gasteiger partial charge is 0.480 e. The summed E-state index contributed by atoms with van der Waals surface area (Å²) in [5.41, 5.74) is 0. The number of aliphatic carboxylic acids is 1. The lowest BCUT2D eigenvalue weighted by atomic mass is 10.2. The van der Waals surface area contributed by atoms with E-state index < -0.39 is 17.9 Å². The second-order valence-corrected chi connectivity index (χ2v) is 1.48. The summed E-state index contributed by atoms with van der Waals surface area (Å²) in [4.78, 5) is 30.2. The Morgan fingerprint density at radius 2 is 2.10 bits per heavy atom. The van der Waals surface area contributed by atoms with E-state index in [2.05, 4.69) is 4.74 Å². The standard InChI is InChI=1S/C5H6O5/c1-10-5(9)3(2-6)4(7)8/h2-3H,1H3,(H,7,8). The van der Waals surface area contributed by atoms with E-state index >= 15 is 0 Å². The molecule has 0 rings (SSSR count). The number of methoxy groups -OCH3 is 1. The molecule has 56 valence electrons. The molecule has 10 heavy (non-hydrogen) atoms. The topological polar surface area (TPSA) is 80.7 Å². The summed E-state index contributed by atoms with van der Waals surface area (Å²) in [5.74, 6) is -4.24. The van der Waals surface area contributed by atoms with E-state index in [0.717, 1.165) is 7.11 Å². The summed E-state index contributed by atoms with van der Waals surface area (Å²) in [5, 5.41) is 8.14. The smallest absolute Gasteiger partial charge is 0.327 e. The molecule has 1 atom stereocenters. The summed E-state index contributed by atoms with van der Waals surface area (Å²) >= 11 is 0. The van der Waals surface area contributed by atoms with Crippen molar-refractivity contribution >= 4 is 18.2 Å². The van der Waals surface area contributed by atoms with E-state index in [0.29, 0.717) is 0 Å². The summed E-state index contributed by atoms with van der Waals surface area (Å²) in [7, 11) is 1.02. The Morgan fingerprint density at radius 1 is 1.60 bits per heavy atom. The van der Waals surface area contributed by atoms with Gasteiger partial charge in [0.05, 0.1) is 7.11 Å². The molecule has 5 heteroatoms. The maximum Gasteiger partial charge on any atom is 0.327 e. The molecule has 0 aliphatic rings. The zero-order valence-electron chi connectivity index (χ0n) is 5.23. The molecule has 5 nitrogen and oxygen atoms in total. The fourth-order valence-corrected chi connectivity index (χ4v) is 0.342. The van der Waals surface area contributed by atoms with E-state index in [1.165, 1.54) is 0 Å². The second-order valence-electron chi connectivity index (χ2n) is 1.48. The Balaban J connectivity index is 4.20. The molecule has 0 fully saturated rings. The van der Waals surface area contributed by atoms with Gasteiger partial charge in [0.1, 0.15) is 6.29 Å². The van der Waals surface area contributed by atoms with E-state index in [4.69, 9.17) is 5.11 Å². The third kappa shape index (κ3) is 1.85. The first-order chi connectivity index (χ1) is 4.63. The molecule has 0 heterocycles. The third-order valence-corrected chi connectivity index (χ3v) is 0.857. The van der Waals surface area contributed by atoms with Crippen LogP contribution in [0.1, 0.15) is 0 Å². The van der Waals surface area contributed by atoms with E-state index in [1.807, 2.05) is 0 Å². The first kappa shape index (κ1) is 8.61. The van der Waals surface area contributed by atoms with Crippen LogP contribution in [0, 0.1) is 5.92 Å². The fraction of sp³-hybridized carbons (Fsp3) is 0.400. The predicted octanol–water partition coefficient (Wildman–Crippen LogP) is -0.941. The van der Waals surface area contributed by atoms with Crippen molar-refractivity contribution in [2.45, 2.75) is 0 Å². The molecule has 0 aliphatic carbocycles. The normalized spacial score (nSPS) is 11.7. The summed E-state index contributed by atoms with van der Waals surface area (Å²) in [6.07, 6.45) is 0.0220. The van der Waals surface area contributed by atoms with Crippen LogP contribution < -0.4 is 0 Å². The highest BCUT2D eigenvalue weighted by Crippen LogP contribution is 1.93. The van der Waals surface area contributed by atoms with Crippen molar-refractivity contribution in [1.29, 1.82) is 0 Å². The summed E-state index contributed by atoms with van der Waals surface area (Å²) in [6.45, 7) is 0. The lowest BCUT2D eigenvalue weighted by Gasteiger charge is -1.99. The number of carbonyl (C=O) groups is 3. The number of hydrogen-bond acceptors (Lipinski definition) is 4. The molecule has 0 aliphatic heterocycles. The Bertz CT molecular complexity index is 161. The van der Waals surface area contributed by atoms with Crippen LogP contribution in [0.2, 0.25) is 0 Å². The summed E-state index contributed by atoms with van der Waals surface area (Å²) < 4.78 is 4.01. The van der Waals surface area contributed by atoms with Crippen molar-refractivity contribution in [1.82, 2.24) is 0 Å². The van der Waals surface area contributed by atoms with Crippen molar-refractivity contribution in [2.75, 3.05) is 7.11 Å². The third-order valence-electron chi connectivity index (χ3n) is 0.857. The molecule has 0 spiro atoms. The molecule has 1 unspecified atom stereocenters. The van der Waals surface area contributed by atoms with Crippen LogP contribution in [-0.4, -0.2) is 30.4 Å². The van der Waals surface area contributed by atoms with Gasteiger partial charge in [-0.3, -0.25) is 9.59 Å². The Kier molecular flexibility index (Phi) is 3.10. The number of carboxylic acids is 1. The lowest BCUT2D eigenvalue weighted by Crippen LogP contribution is -2.25. The molecule has 0 radical (unpaired) electrons. The van der Waals surface area contributed by atoms with Gasteiger partial charge in [0.2, 0.25) is 5.92 Å². The van der Waals surface area contributed by atoms with Gasteiger partial charge in [0.25, 0.3) is 0 Å². The minimum atomic E-state index is -1.69. The average molecular weight is 146 g/mol. The van der Waals surface area contributed by atoms with Gasteiger partial charge in [0.15, 0.2) is 0 Å². The molecule has 0 bridgehead atoms. The van der Waals surface area contributed by atoms with Gasteiger partial charge in [-0.05, 0) is 0 Å². The highest BCUT2D eigenvalue weighted by atomic mass is 16.5. The highest BCUT2D eigenvalue weighted by molar-refractivity contribution is 6.06. The minimum Gasteiger partial charge on any atom is -0.480 e. The minimum absolute atomic E-state index is 0.0220. The molecule has 1 N–H and O–H groups in total. The van der Waals surface area contributed by atoms with Crippen molar-refractivity contribution in [3.63, 3.8) is 0 Å². The maximum atomic E-state index is 10.4. The molecule has 0 aromatic rings. The van der Waals surface area contributed by atoms with E-state index in [9.17, 15) is 14.4 Å². The molecule has 0 aromatic heterocycles. The van der Waals surface area contributed by atoms with Crippen LogP contribution in [0.15, 0.2) is 0 Å². The number of rotatable bonds is 3.